The molecule has 8 aliphatic heterocycles. The quantitative estimate of drug-likeness (QED) is 0.206. The lowest BCUT2D eigenvalue weighted by molar-refractivity contribution is 0.225. The van der Waals surface area contributed by atoms with Crippen LogP contribution in [0.15, 0.2) is 77.8 Å². The molecule has 0 saturated carbocycles. The number of aliphatic imine (C=N–C) groups is 1. The van der Waals surface area contributed by atoms with Gasteiger partial charge >= 0.3 is 0 Å². The third-order valence-electron chi connectivity index (χ3n) is 16.3. The fourth-order valence-corrected chi connectivity index (χ4v) is 12.9. The fourth-order valence-electron chi connectivity index (χ4n) is 12.9. The molecule has 12 rings (SSSR count). The normalized spacial score (nSPS) is 31.7. The van der Waals surface area contributed by atoms with Crippen molar-refractivity contribution in [3.63, 3.8) is 0 Å². The minimum absolute atomic E-state index is 0.409. The van der Waals surface area contributed by atoms with Gasteiger partial charge in [0.1, 0.15) is 0 Å². The van der Waals surface area contributed by atoms with E-state index >= 15 is 0 Å². The standard InChI is InChI=1S/C58H80N10/c1-4-45-15-47-17-50-23-51(18-47)34-62-10-13-67(43-62)39-57-26-56-27-58(28-57)40-68-14-12-66(44-68)38-55-22-49(30-59-29-45)21-54(25-55)37-65-11-9-64(42-65)36-53-20-48(16-46(5-2)31-60(6-3)32-56)19-52(24-53)35-63-8-7-61(33-50)41-63/h17-29,45-46H,4-16,30-44H2,1-3H3/b59-29-. The van der Waals surface area contributed by atoms with Gasteiger partial charge in [0.2, 0.25) is 0 Å². The summed E-state index contributed by atoms with van der Waals surface area (Å²) in [5.74, 6) is 1.01. The van der Waals surface area contributed by atoms with E-state index in [2.05, 4.69) is 144 Å². The predicted molar refractivity (Wildman–Crippen MR) is 277 cm³/mol. The maximum Gasteiger partial charge on any atom is 0.0636 e. The topological polar surface area (TPSA) is 41.5 Å². The van der Waals surface area contributed by atoms with Gasteiger partial charge in [0.15, 0.2) is 0 Å². The van der Waals surface area contributed by atoms with E-state index in [9.17, 15) is 0 Å². The molecule has 4 saturated heterocycles. The van der Waals surface area contributed by atoms with E-state index in [1.165, 1.54) is 73.2 Å². The van der Waals surface area contributed by atoms with E-state index in [-0.39, 0.29) is 0 Å². The summed E-state index contributed by atoms with van der Waals surface area (Å²) in [5, 5.41) is 0. The van der Waals surface area contributed by atoms with Crippen LogP contribution in [0, 0.1) is 11.8 Å². The molecular formula is C58H80N10. The average Bonchev–Trinajstić information content (AvgIpc) is 4.15. The Morgan fingerprint density at radius 2 is 0.676 bits per heavy atom. The Hall–Kier alpha value is -3.81. The van der Waals surface area contributed by atoms with Crippen molar-refractivity contribution in [1.82, 2.24) is 44.1 Å². The largest absolute Gasteiger partial charge is 0.299 e. The molecule has 10 unspecified atom stereocenters. The van der Waals surface area contributed by atoms with Crippen molar-refractivity contribution in [3.8, 4) is 0 Å². The second-order valence-electron chi connectivity index (χ2n) is 22.3. The minimum atomic E-state index is 0.409. The van der Waals surface area contributed by atoms with Gasteiger partial charge in [-0.15, -0.1) is 0 Å². The Bertz CT molecular complexity index is 2250. The maximum absolute atomic E-state index is 5.27. The third kappa shape index (κ3) is 11.8. The summed E-state index contributed by atoms with van der Waals surface area (Å²) in [7, 11) is 0. The highest BCUT2D eigenvalue weighted by molar-refractivity contribution is 5.61. The van der Waals surface area contributed by atoms with Crippen molar-refractivity contribution in [3.05, 3.63) is 140 Å². The van der Waals surface area contributed by atoms with Gasteiger partial charge in [-0.05, 0) is 104 Å². The van der Waals surface area contributed by atoms with Crippen molar-refractivity contribution in [2.45, 2.75) is 112 Å². The van der Waals surface area contributed by atoms with Crippen LogP contribution >= 0.6 is 0 Å². The van der Waals surface area contributed by atoms with Crippen LogP contribution in [0.3, 0.4) is 0 Å². The highest BCUT2D eigenvalue weighted by atomic mass is 15.4. The maximum atomic E-state index is 5.27. The molecule has 0 radical (unpaired) electrons. The molecule has 68 heavy (non-hydrogen) atoms. The van der Waals surface area contributed by atoms with Gasteiger partial charge in [-0.1, -0.05) is 100.0 Å². The lowest BCUT2D eigenvalue weighted by atomic mass is 9.93. The Morgan fingerprint density at radius 3 is 1.00 bits per heavy atom. The highest BCUT2D eigenvalue weighted by Crippen LogP contribution is 2.28. The van der Waals surface area contributed by atoms with Crippen molar-refractivity contribution >= 4 is 6.21 Å². The smallest absolute Gasteiger partial charge is 0.0636 e. The molecule has 0 N–H and O–H groups in total. The van der Waals surface area contributed by atoms with Crippen LogP contribution in [0.25, 0.3) is 0 Å². The van der Waals surface area contributed by atoms with E-state index in [1.807, 2.05) is 0 Å². The number of hydrogen-bond donors (Lipinski definition) is 0. The number of fused-ring (bicyclic) bond motifs is 7. The van der Waals surface area contributed by atoms with Crippen LogP contribution in [0.5, 0.6) is 0 Å². The van der Waals surface area contributed by atoms with E-state index in [4.69, 9.17) is 4.99 Å². The average molecular weight is 917 g/mol. The first-order chi connectivity index (χ1) is 33.3. The van der Waals surface area contributed by atoms with Crippen LogP contribution in [-0.2, 0) is 78.3 Å². The zero-order chi connectivity index (χ0) is 46.0. The molecule has 8 aliphatic rings. The summed E-state index contributed by atoms with van der Waals surface area (Å²) in [4.78, 5) is 29.6. The molecule has 0 spiro atoms. The summed E-state index contributed by atoms with van der Waals surface area (Å²) < 4.78 is 0. The lowest BCUT2D eigenvalue weighted by Gasteiger charge is -2.28. The Morgan fingerprint density at radius 1 is 0.368 bits per heavy atom. The van der Waals surface area contributed by atoms with E-state index in [0.717, 1.165) is 177 Å². The third-order valence-corrected chi connectivity index (χ3v) is 16.3. The SMILES string of the molecule is CCC1/C=N\Cc2cc3cc(c2)CN2CCN(Cc4cc5cc(c4)CN4CCN(Cc6cc(cc(c6)CN6CCN(Cc7cc(cc(c7)CN7CCN(C3)C7)CC(CC)CN(CC)C5)C6)C1)C4)C2. The molecule has 4 aromatic rings. The Balaban J connectivity index is 1.03. The van der Waals surface area contributed by atoms with E-state index in [0.29, 0.717) is 11.8 Å². The van der Waals surface area contributed by atoms with Crippen molar-refractivity contribution in [1.29, 1.82) is 0 Å². The van der Waals surface area contributed by atoms with E-state index < -0.39 is 0 Å². The molecule has 362 valence electrons. The summed E-state index contributed by atoms with van der Waals surface area (Å²) >= 11 is 0. The molecule has 0 aromatic heterocycles. The minimum Gasteiger partial charge on any atom is -0.299 e. The van der Waals surface area contributed by atoms with Gasteiger partial charge in [-0.25, -0.2) is 0 Å². The number of nitrogens with zero attached hydrogens (tertiary/aromatic N) is 10. The Labute approximate surface area is 409 Å². The van der Waals surface area contributed by atoms with Crippen LogP contribution in [0.4, 0.5) is 0 Å². The molecule has 0 amide bonds. The molecule has 10 atom stereocenters. The van der Waals surface area contributed by atoms with Crippen LogP contribution in [0.1, 0.15) is 100 Å². The first-order valence-corrected chi connectivity index (χ1v) is 26.8. The van der Waals surface area contributed by atoms with Crippen molar-refractivity contribution in [2.24, 2.45) is 16.8 Å². The number of benzene rings is 4. The first-order valence-electron chi connectivity index (χ1n) is 26.8. The molecule has 0 aliphatic carbocycles. The lowest BCUT2D eigenvalue weighted by Crippen LogP contribution is -2.30. The Kier molecular flexibility index (Phi) is 14.6. The van der Waals surface area contributed by atoms with Crippen LogP contribution < -0.4 is 0 Å². The van der Waals surface area contributed by atoms with Gasteiger partial charge in [-0.3, -0.25) is 49.1 Å². The molecular weight excluding hydrogens is 837 g/mol. The van der Waals surface area contributed by atoms with Gasteiger partial charge < -0.3 is 0 Å². The summed E-state index contributed by atoms with van der Waals surface area (Å²) in [6.45, 7) is 32.1. The van der Waals surface area contributed by atoms with Crippen LogP contribution in [-0.4, -0.2) is 142 Å². The highest BCUT2D eigenvalue weighted by Gasteiger charge is 2.27. The van der Waals surface area contributed by atoms with Crippen molar-refractivity contribution < 1.29 is 0 Å². The molecule has 10 nitrogen and oxygen atoms in total. The number of rotatable bonds is 3. The fraction of sp³-hybridized carbons (Fsp3) is 0.569. The monoisotopic (exact) mass is 917 g/mol. The van der Waals surface area contributed by atoms with Gasteiger partial charge in [0, 0.05) is 124 Å². The van der Waals surface area contributed by atoms with E-state index in [1.54, 1.807) is 0 Å². The van der Waals surface area contributed by atoms with Crippen molar-refractivity contribution in [2.75, 3.05) is 92.1 Å². The zero-order valence-corrected chi connectivity index (χ0v) is 41.9. The number of hydrogen-bond acceptors (Lipinski definition) is 10. The summed E-state index contributed by atoms with van der Waals surface area (Å²) in [5.41, 5.74) is 17.6. The predicted octanol–water partition coefficient (Wildman–Crippen LogP) is 7.66. The second-order valence-corrected chi connectivity index (χ2v) is 22.3. The molecule has 20 bridgehead atoms. The molecule has 10 heteroatoms. The molecule has 8 heterocycles. The van der Waals surface area contributed by atoms with Gasteiger partial charge in [0.05, 0.1) is 33.2 Å². The first kappa shape index (κ1) is 46.6. The molecule has 4 aromatic carbocycles. The van der Waals surface area contributed by atoms with Gasteiger partial charge in [0.25, 0.3) is 0 Å². The summed E-state index contributed by atoms with van der Waals surface area (Å²) in [6.07, 6.45) is 6.77. The second kappa shape index (κ2) is 21.3. The summed E-state index contributed by atoms with van der Waals surface area (Å²) in [6, 6.07) is 30.6. The van der Waals surface area contributed by atoms with Gasteiger partial charge in [-0.2, -0.15) is 0 Å². The molecule has 4 fully saturated rings. The van der Waals surface area contributed by atoms with Crippen LogP contribution in [0.2, 0.25) is 0 Å². The zero-order valence-electron chi connectivity index (χ0n) is 41.9.